The lowest BCUT2D eigenvalue weighted by atomic mass is 10.2. The van der Waals surface area contributed by atoms with Gasteiger partial charge in [0.05, 0.1) is 17.2 Å². The van der Waals surface area contributed by atoms with Gasteiger partial charge in [0.1, 0.15) is 5.82 Å². The molecule has 1 aromatic carbocycles. The van der Waals surface area contributed by atoms with Gasteiger partial charge in [-0.05, 0) is 24.6 Å². The van der Waals surface area contributed by atoms with E-state index in [9.17, 15) is 17.6 Å². The summed E-state index contributed by atoms with van der Waals surface area (Å²) in [4.78, 5) is 11.7. The molecule has 0 aliphatic heterocycles. The van der Waals surface area contributed by atoms with E-state index in [0.717, 1.165) is 18.9 Å². The molecule has 1 amide bonds. The Bertz CT molecular complexity index is 588. The van der Waals surface area contributed by atoms with Gasteiger partial charge in [-0.2, -0.15) is 0 Å². The highest BCUT2D eigenvalue weighted by atomic mass is 32.2. The molecule has 0 aliphatic carbocycles. The summed E-state index contributed by atoms with van der Waals surface area (Å²) < 4.78 is 36.8. The quantitative estimate of drug-likeness (QED) is 0.569. The molecule has 118 valence electrons. The molecule has 7 heteroatoms. The number of nitrogens with one attached hydrogen (secondary N) is 1. The topological polar surface area (TPSA) is 89.3 Å². The number of sulfone groups is 1. The van der Waals surface area contributed by atoms with Crippen LogP contribution in [0.3, 0.4) is 0 Å². The lowest BCUT2D eigenvalue weighted by Gasteiger charge is -2.08. The second kappa shape index (κ2) is 7.97. The predicted octanol–water partition coefficient (Wildman–Crippen LogP) is 2.34. The number of carbonyl (C=O) groups is 1. The molecule has 0 spiro atoms. The highest BCUT2D eigenvalue weighted by Gasteiger charge is 2.14. The van der Waals surface area contributed by atoms with E-state index in [4.69, 9.17) is 5.73 Å². The fourth-order valence-electron chi connectivity index (χ4n) is 1.77. The van der Waals surface area contributed by atoms with Gasteiger partial charge in [0.2, 0.25) is 5.91 Å². The van der Waals surface area contributed by atoms with Gasteiger partial charge in [0.25, 0.3) is 0 Å². The number of nitrogens with two attached hydrogens (primary N) is 1. The molecule has 0 aliphatic rings. The Labute approximate surface area is 124 Å². The van der Waals surface area contributed by atoms with Crippen molar-refractivity contribution in [1.29, 1.82) is 0 Å². The zero-order valence-corrected chi connectivity index (χ0v) is 12.9. The average Bonchev–Trinajstić information content (AvgIpc) is 2.41. The molecule has 0 saturated carbocycles. The Kier molecular flexibility index (Phi) is 6.61. The Morgan fingerprint density at radius 3 is 2.67 bits per heavy atom. The summed E-state index contributed by atoms with van der Waals surface area (Å²) in [6.45, 7) is 1.99. The van der Waals surface area contributed by atoms with Crippen molar-refractivity contribution in [3.05, 3.63) is 24.0 Å². The van der Waals surface area contributed by atoms with Gasteiger partial charge in [-0.25, -0.2) is 12.8 Å². The van der Waals surface area contributed by atoms with Crippen LogP contribution in [0.2, 0.25) is 0 Å². The SMILES string of the molecule is CCCCCS(=O)(=O)CCC(=O)Nc1cc(N)ccc1F. The van der Waals surface area contributed by atoms with Crippen LogP contribution in [0.4, 0.5) is 15.8 Å². The minimum Gasteiger partial charge on any atom is -0.399 e. The maximum atomic E-state index is 13.4. The standard InChI is InChI=1S/C14H21FN2O3S/c1-2-3-4-8-21(19,20)9-7-14(18)17-13-10-11(16)5-6-12(13)15/h5-6,10H,2-4,7-9,16H2,1H3,(H,17,18). The number of hydrogen-bond donors (Lipinski definition) is 2. The molecule has 0 fully saturated rings. The summed E-state index contributed by atoms with van der Waals surface area (Å²) in [7, 11) is -3.24. The molecule has 21 heavy (non-hydrogen) atoms. The monoisotopic (exact) mass is 316 g/mol. The van der Waals surface area contributed by atoms with Gasteiger partial charge in [0.15, 0.2) is 9.84 Å². The lowest BCUT2D eigenvalue weighted by Crippen LogP contribution is -2.19. The largest absolute Gasteiger partial charge is 0.399 e. The zero-order valence-electron chi connectivity index (χ0n) is 12.1. The van der Waals surface area contributed by atoms with Crippen LogP contribution in [0.25, 0.3) is 0 Å². The van der Waals surface area contributed by atoms with E-state index >= 15 is 0 Å². The molecule has 0 aromatic heterocycles. The highest BCUT2D eigenvalue weighted by Crippen LogP contribution is 2.17. The van der Waals surface area contributed by atoms with Gasteiger partial charge in [-0.3, -0.25) is 4.79 Å². The Morgan fingerprint density at radius 2 is 2.00 bits per heavy atom. The Morgan fingerprint density at radius 1 is 1.29 bits per heavy atom. The van der Waals surface area contributed by atoms with Gasteiger partial charge >= 0.3 is 0 Å². The first kappa shape index (κ1) is 17.4. The molecule has 0 atom stereocenters. The van der Waals surface area contributed by atoms with Gasteiger partial charge in [0, 0.05) is 12.1 Å². The number of carbonyl (C=O) groups excluding carboxylic acids is 1. The van der Waals surface area contributed by atoms with Crippen LogP contribution in [-0.2, 0) is 14.6 Å². The van der Waals surface area contributed by atoms with Crippen molar-refractivity contribution in [2.45, 2.75) is 32.6 Å². The van der Waals surface area contributed by atoms with Crippen molar-refractivity contribution in [3.8, 4) is 0 Å². The van der Waals surface area contributed by atoms with Crippen molar-refractivity contribution in [1.82, 2.24) is 0 Å². The van der Waals surface area contributed by atoms with Crippen molar-refractivity contribution in [2.75, 3.05) is 22.6 Å². The molecule has 1 rings (SSSR count). The summed E-state index contributed by atoms with van der Waals surface area (Å²) in [5.41, 5.74) is 5.78. The number of rotatable bonds is 8. The number of anilines is 2. The summed E-state index contributed by atoms with van der Waals surface area (Å²) in [5.74, 6) is -1.30. The number of amides is 1. The molecule has 0 radical (unpaired) electrons. The third-order valence-corrected chi connectivity index (χ3v) is 4.70. The van der Waals surface area contributed by atoms with Gasteiger partial charge in [-0.15, -0.1) is 0 Å². The summed E-state index contributed by atoms with van der Waals surface area (Å²) in [6.07, 6.45) is 2.19. The third kappa shape index (κ3) is 6.57. The second-order valence-electron chi connectivity index (χ2n) is 4.90. The van der Waals surface area contributed by atoms with E-state index in [1.807, 2.05) is 6.92 Å². The highest BCUT2D eigenvalue weighted by molar-refractivity contribution is 7.91. The van der Waals surface area contributed by atoms with Crippen LogP contribution in [0.5, 0.6) is 0 Å². The van der Waals surface area contributed by atoms with E-state index < -0.39 is 21.6 Å². The molecular formula is C14H21FN2O3S. The van der Waals surface area contributed by atoms with E-state index in [0.29, 0.717) is 12.1 Å². The molecule has 0 unspecified atom stereocenters. The minimum atomic E-state index is -3.24. The normalized spacial score (nSPS) is 11.3. The molecule has 1 aromatic rings. The second-order valence-corrected chi connectivity index (χ2v) is 7.20. The summed E-state index contributed by atoms with van der Waals surface area (Å²) in [6, 6.07) is 3.82. The maximum absolute atomic E-state index is 13.4. The van der Waals surface area contributed by atoms with Crippen molar-refractivity contribution >= 4 is 27.1 Å². The summed E-state index contributed by atoms with van der Waals surface area (Å²) >= 11 is 0. The van der Waals surface area contributed by atoms with E-state index in [1.165, 1.54) is 12.1 Å². The van der Waals surface area contributed by atoms with E-state index in [2.05, 4.69) is 5.32 Å². The molecule has 5 nitrogen and oxygen atoms in total. The van der Waals surface area contributed by atoms with Crippen molar-refractivity contribution < 1.29 is 17.6 Å². The third-order valence-electron chi connectivity index (χ3n) is 2.96. The van der Waals surface area contributed by atoms with Crippen LogP contribution in [-0.4, -0.2) is 25.8 Å². The van der Waals surface area contributed by atoms with Crippen molar-refractivity contribution in [3.63, 3.8) is 0 Å². The fourth-order valence-corrected chi connectivity index (χ4v) is 3.12. The lowest BCUT2D eigenvalue weighted by molar-refractivity contribution is -0.115. The number of unbranched alkanes of at least 4 members (excludes halogenated alkanes) is 2. The van der Waals surface area contributed by atoms with Crippen LogP contribution in [0.15, 0.2) is 18.2 Å². The first-order valence-corrected chi connectivity index (χ1v) is 8.71. The van der Waals surface area contributed by atoms with E-state index in [1.54, 1.807) is 0 Å². The summed E-state index contributed by atoms with van der Waals surface area (Å²) in [5, 5.41) is 2.33. The average molecular weight is 316 g/mol. The molecule has 0 heterocycles. The van der Waals surface area contributed by atoms with Crippen LogP contribution in [0.1, 0.15) is 32.6 Å². The fraction of sp³-hybridized carbons (Fsp3) is 0.500. The van der Waals surface area contributed by atoms with Crippen LogP contribution >= 0.6 is 0 Å². The van der Waals surface area contributed by atoms with Gasteiger partial charge in [-0.1, -0.05) is 19.8 Å². The number of hydrogen-bond acceptors (Lipinski definition) is 4. The first-order chi connectivity index (χ1) is 9.84. The molecule has 0 bridgehead atoms. The maximum Gasteiger partial charge on any atom is 0.225 e. The zero-order chi connectivity index (χ0) is 15.9. The molecular weight excluding hydrogens is 295 g/mol. The number of nitrogen functional groups attached to an aromatic ring is 1. The first-order valence-electron chi connectivity index (χ1n) is 6.89. The van der Waals surface area contributed by atoms with Crippen molar-refractivity contribution in [2.24, 2.45) is 0 Å². The van der Waals surface area contributed by atoms with Gasteiger partial charge < -0.3 is 11.1 Å². The Balaban J connectivity index is 2.49. The number of halogens is 1. The minimum absolute atomic E-state index is 0.0385. The van der Waals surface area contributed by atoms with E-state index in [-0.39, 0.29) is 23.6 Å². The smallest absolute Gasteiger partial charge is 0.225 e. The number of benzene rings is 1. The Hall–Kier alpha value is -1.63. The van der Waals surface area contributed by atoms with Crippen LogP contribution in [0, 0.1) is 5.82 Å². The van der Waals surface area contributed by atoms with Crippen LogP contribution < -0.4 is 11.1 Å². The molecule has 3 N–H and O–H groups in total. The molecule has 0 saturated heterocycles. The predicted molar refractivity (Wildman–Crippen MR) is 82.2 cm³/mol.